The van der Waals surface area contributed by atoms with Crippen LogP contribution in [-0.4, -0.2) is 11.8 Å². The number of anilines is 2. The van der Waals surface area contributed by atoms with E-state index in [0.29, 0.717) is 33.2 Å². The molecule has 0 N–H and O–H groups in total. The van der Waals surface area contributed by atoms with Crippen molar-refractivity contribution in [2.45, 2.75) is 0 Å². The molecule has 0 aromatic heterocycles. The molecule has 124 valence electrons. The van der Waals surface area contributed by atoms with Gasteiger partial charge in [0.15, 0.2) is 0 Å². The first-order valence-corrected chi connectivity index (χ1v) is 8.13. The monoisotopic (exact) mass is 340 g/mol. The zero-order valence-electron chi connectivity index (χ0n) is 13.5. The molecular weight excluding hydrogens is 328 g/mol. The van der Waals surface area contributed by atoms with E-state index < -0.39 is 0 Å². The van der Waals surface area contributed by atoms with E-state index in [1.54, 1.807) is 12.1 Å². The number of amides is 2. The van der Waals surface area contributed by atoms with Gasteiger partial charge in [-0.05, 0) is 36.4 Å². The minimum Gasteiger partial charge on any atom is -0.267 e. The molecule has 6 heteroatoms. The number of nitrogens with zero attached hydrogens (tertiary/aromatic N) is 4. The number of rotatable bonds is 2. The van der Waals surface area contributed by atoms with Crippen LogP contribution < -0.4 is 20.7 Å². The summed E-state index contributed by atoms with van der Waals surface area (Å²) in [6.07, 6.45) is 0. The molecule has 0 radical (unpaired) electrons. The highest BCUT2D eigenvalue weighted by molar-refractivity contribution is 6.10. The molecule has 0 aliphatic carbocycles. The van der Waals surface area contributed by atoms with E-state index in [-0.39, 0.29) is 11.8 Å². The normalized spacial score (nSPS) is 14.8. The first-order valence-electron chi connectivity index (χ1n) is 8.13. The van der Waals surface area contributed by atoms with Gasteiger partial charge in [0.2, 0.25) is 0 Å². The summed E-state index contributed by atoms with van der Waals surface area (Å²) < 4.78 is 0. The van der Waals surface area contributed by atoms with Crippen molar-refractivity contribution in [3.8, 4) is 0 Å². The standard InChI is InChI=1S/C20H12N4O2/c25-19-15-11-18-16(20(26)24(22-18)14-9-5-2-6-10-14)12-17(15)21-23(19)13-7-3-1-4-8-13/h1-12H. The number of para-hydroxylation sites is 2. The third kappa shape index (κ3) is 2.05. The first kappa shape index (κ1) is 14.5. The molecule has 3 aromatic rings. The van der Waals surface area contributed by atoms with Crippen LogP contribution in [0.15, 0.2) is 83.0 Å². The van der Waals surface area contributed by atoms with E-state index in [9.17, 15) is 9.59 Å². The molecule has 6 nitrogen and oxygen atoms in total. The van der Waals surface area contributed by atoms with Crippen molar-refractivity contribution in [2.75, 3.05) is 10.0 Å². The highest BCUT2D eigenvalue weighted by Crippen LogP contribution is 2.21. The number of hydrogen-bond donors (Lipinski definition) is 0. The Morgan fingerprint density at radius 3 is 1.35 bits per heavy atom. The highest BCUT2D eigenvalue weighted by Gasteiger charge is 2.30. The Balaban J connectivity index is 1.60. The molecule has 0 spiro atoms. The van der Waals surface area contributed by atoms with Gasteiger partial charge < -0.3 is 0 Å². The Labute approximate surface area is 148 Å². The summed E-state index contributed by atoms with van der Waals surface area (Å²) in [7, 11) is 0. The summed E-state index contributed by atoms with van der Waals surface area (Å²) in [4.78, 5) is 25.4. The minimum absolute atomic E-state index is 0.227. The fourth-order valence-corrected chi connectivity index (χ4v) is 3.11. The average Bonchev–Trinajstić information content (AvgIpc) is 3.19. The summed E-state index contributed by atoms with van der Waals surface area (Å²) in [6.45, 7) is 0. The van der Waals surface area contributed by atoms with Crippen molar-refractivity contribution in [1.29, 1.82) is 0 Å². The topological polar surface area (TPSA) is 65.3 Å². The number of carbonyl (C=O) groups is 2. The van der Waals surface area contributed by atoms with E-state index in [1.165, 1.54) is 10.0 Å². The quantitative estimate of drug-likeness (QED) is 0.717. The van der Waals surface area contributed by atoms with Crippen LogP contribution >= 0.6 is 0 Å². The maximum Gasteiger partial charge on any atom is 0.281 e. The third-order valence-corrected chi connectivity index (χ3v) is 4.38. The number of benzene rings is 3. The van der Waals surface area contributed by atoms with Crippen LogP contribution in [0.5, 0.6) is 0 Å². The summed E-state index contributed by atoms with van der Waals surface area (Å²) in [6, 6.07) is 21.7. The lowest BCUT2D eigenvalue weighted by molar-refractivity contribution is 0.0985. The van der Waals surface area contributed by atoms with Crippen LogP contribution in [0.2, 0.25) is 0 Å². The smallest absolute Gasteiger partial charge is 0.267 e. The van der Waals surface area contributed by atoms with Gasteiger partial charge in [0, 0.05) is 0 Å². The van der Waals surface area contributed by atoms with E-state index >= 15 is 0 Å². The maximum absolute atomic E-state index is 12.7. The molecule has 2 aliphatic heterocycles. The molecule has 2 heterocycles. The fourth-order valence-electron chi connectivity index (χ4n) is 3.11. The van der Waals surface area contributed by atoms with E-state index in [0.717, 1.165) is 0 Å². The second-order valence-electron chi connectivity index (χ2n) is 5.99. The zero-order valence-corrected chi connectivity index (χ0v) is 13.5. The van der Waals surface area contributed by atoms with Gasteiger partial charge in [-0.25, -0.2) is 0 Å². The van der Waals surface area contributed by atoms with Gasteiger partial charge in [-0.15, -0.1) is 0 Å². The van der Waals surface area contributed by atoms with Crippen molar-refractivity contribution in [3.63, 3.8) is 0 Å². The number of fused-ring (bicyclic) bond motifs is 2. The molecule has 26 heavy (non-hydrogen) atoms. The van der Waals surface area contributed by atoms with E-state index in [4.69, 9.17) is 0 Å². The predicted molar refractivity (Wildman–Crippen MR) is 95.3 cm³/mol. The Morgan fingerprint density at radius 1 is 0.577 bits per heavy atom. The average molecular weight is 340 g/mol. The van der Waals surface area contributed by atoms with Crippen molar-refractivity contribution in [1.82, 2.24) is 0 Å². The van der Waals surface area contributed by atoms with E-state index in [2.05, 4.69) is 10.2 Å². The summed E-state index contributed by atoms with van der Waals surface area (Å²) >= 11 is 0. The summed E-state index contributed by atoms with van der Waals surface area (Å²) in [5.41, 5.74) is 2.25. The van der Waals surface area contributed by atoms with E-state index in [1.807, 2.05) is 60.7 Å². The molecule has 3 aromatic carbocycles. The largest absolute Gasteiger partial charge is 0.281 e. The van der Waals surface area contributed by atoms with Crippen LogP contribution in [0.1, 0.15) is 20.7 Å². The van der Waals surface area contributed by atoms with Gasteiger partial charge in [0.1, 0.15) is 0 Å². The first-order chi connectivity index (χ1) is 12.7. The lowest BCUT2D eigenvalue weighted by Crippen LogP contribution is -2.24. The molecule has 5 rings (SSSR count). The van der Waals surface area contributed by atoms with Crippen molar-refractivity contribution in [2.24, 2.45) is 10.2 Å². The molecular formula is C20H12N4O2. The number of hydrogen-bond acceptors (Lipinski definition) is 4. The molecule has 2 aliphatic rings. The van der Waals surface area contributed by atoms with Gasteiger partial charge in [-0.3, -0.25) is 9.59 Å². The molecule has 0 atom stereocenters. The zero-order chi connectivity index (χ0) is 17.7. The Bertz CT molecular complexity index is 1080. The minimum atomic E-state index is -0.227. The summed E-state index contributed by atoms with van der Waals surface area (Å²) in [5, 5.41) is 12.4. The molecule has 2 amide bonds. The van der Waals surface area contributed by atoms with Crippen LogP contribution in [0.4, 0.5) is 11.4 Å². The Kier molecular flexibility index (Phi) is 2.99. The van der Waals surface area contributed by atoms with Gasteiger partial charge in [0.25, 0.3) is 11.8 Å². The molecule has 0 bridgehead atoms. The van der Waals surface area contributed by atoms with Gasteiger partial charge in [-0.2, -0.15) is 20.2 Å². The predicted octanol–water partition coefficient (Wildman–Crippen LogP) is 2.08. The second kappa shape index (κ2) is 5.35. The van der Waals surface area contributed by atoms with Gasteiger partial charge in [0.05, 0.1) is 33.2 Å². The summed E-state index contributed by atoms with van der Waals surface area (Å²) in [5.74, 6) is -0.454. The molecule has 0 unspecified atom stereocenters. The molecule has 0 saturated carbocycles. The maximum atomic E-state index is 12.7. The van der Waals surface area contributed by atoms with Crippen LogP contribution in [-0.2, 0) is 0 Å². The number of carbonyl (C=O) groups excluding carboxylic acids is 2. The van der Waals surface area contributed by atoms with Crippen LogP contribution in [0.3, 0.4) is 0 Å². The van der Waals surface area contributed by atoms with Gasteiger partial charge in [-0.1, -0.05) is 36.4 Å². The lowest BCUT2D eigenvalue weighted by atomic mass is 10.1. The SMILES string of the molecule is O=C1c2cc3c(cc2=NN1c1ccccc1)C(=O)N(c1ccccc1)N=3. The van der Waals surface area contributed by atoms with Crippen molar-refractivity contribution in [3.05, 3.63) is 94.6 Å². The van der Waals surface area contributed by atoms with Crippen LogP contribution in [0, 0.1) is 0 Å². The van der Waals surface area contributed by atoms with Crippen LogP contribution in [0.25, 0.3) is 0 Å². The van der Waals surface area contributed by atoms with Crippen molar-refractivity contribution >= 4 is 23.2 Å². The Morgan fingerprint density at radius 2 is 0.962 bits per heavy atom. The van der Waals surface area contributed by atoms with Crippen molar-refractivity contribution < 1.29 is 9.59 Å². The second-order valence-corrected chi connectivity index (χ2v) is 5.99. The third-order valence-electron chi connectivity index (χ3n) is 4.38. The fraction of sp³-hybridized carbons (Fsp3) is 0. The van der Waals surface area contributed by atoms with Gasteiger partial charge >= 0.3 is 0 Å². The molecule has 0 fully saturated rings. The lowest BCUT2D eigenvalue weighted by Gasteiger charge is -2.11. The Hall–Kier alpha value is -3.80. The molecule has 0 saturated heterocycles. The highest BCUT2D eigenvalue weighted by atomic mass is 16.2.